The zero-order valence-electron chi connectivity index (χ0n) is 7.28. The molecule has 3 rings (SSSR count). The maximum absolute atomic E-state index is 5.54. The normalized spacial score (nSPS) is 45.5. The molecule has 3 aliphatic heterocycles. The van der Waals surface area contributed by atoms with Crippen molar-refractivity contribution in [2.75, 3.05) is 6.54 Å². The minimum absolute atomic E-state index is 0.486. The standard InChI is InChI=1S/C10H15NO/c1-2-8-3-4-10-9(5-7-12-10)11(8)6-1/h5,7-10H,1-4,6H2. The molecular formula is C10H15NO. The van der Waals surface area contributed by atoms with E-state index in [0.717, 1.165) is 6.04 Å². The zero-order valence-corrected chi connectivity index (χ0v) is 7.28. The van der Waals surface area contributed by atoms with Gasteiger partial charge < -0.3 is 4.74 Å². The molecule has 0 saturated carbocycles. The van der Waals surface area contributed by atoms with E-state index in [-0.39, 0.29) is 0 Å². The van der Waals surface area contributed by atoms with E-state index >= 15 is 0 Å². The fraction of sp³-hybridized carbons (Fsp3) is 0.800. The lowest BCUT2D eigenvalue weighted by Gasteiger charge is -2.37. The summed E-state index contributed by atoms with van der Waals surface area (Å²) >= 11 is 0. The number of fused-ring (bicyclic) bond motifs is 3. The molecule has 3 atom stereocenters. The molecule has 0 spiro atoms. The molecule has 2 heteroatoms. The van der Waals surface area contributed by atoms with E-state index in [1.54, 1.807) is 0 Å². The van der Waals surface area contributed by atoms with E-state index in [4.69, 9.17) is 4.74 Å². The number of ether oxygens (including phenoxy) is 1. The van der Waals surface area contributed by atoms with Gasteiger partial charge >= 0.3 is 0 Å². The van der Waals surface area contributed by atoms with Gasteiger partial charge in [-0.2, -0.15) is 0 Å². The highest BCUT2D eigenvalue weighted by Crippen LogP contribution is 2.35. The van der Waals surface area contributed by atoms with Gasteiger partial charge in [0.05, 0.1) is 12.3 Å². The summed E-state index contributed by atoms with van der Waals surface area (Å²) in [5.74, 6) is 0. The summed E-state index contributed by atoms with van der Waals surface area (Å²) in [6.07, 6.45) is 10.0. The topological polar surface area (TPSA) is 12.5 Å². The Morgan fingerprint density at radius 3 is 3.25 bits per heavy atom. The molecule has 2 fully saturated rings. The Balaban J connectivity index is 1.85. The molecule has 12 heavy (non-hydrogen) atoms. The fourth-order valence-corrected chi connectivity index (χ4v) is 2.91. The van der Waals surface area contributed by atoms with Gasteiger partial charge in [-0.1, -0.05) is 0 Å². The molecular weight excluding hydrogens is 150 g/mol. The number of hydrogen-bond donors (Lipinski definition) is 0. The lowest BCUT2D eigenvalue weighted by molar-refractivity contribution is 0.0315. The average molecular weight is 165 g/mol. The minimum atomic E-state index is 0.486. The third kappa shape index (κ3) is 0.845. The maximum atomic E-state index is 5.54. The molecule has 0 aromatic carbocycles. The van der Waals surface area contributed by atoms with E-state index < -0.39 is 0 Å². The van der Waals surface area contributed by atoms with Crippen LogP contribution >= 0.6 is 0 Å². The average Bonchev–Trinajstić information content (AvgIpc) is 2.71. The van der Waals surface area contributed by atoms with Crippen molar-refractivity contribution in [3.63, 3.8) is 0 Å². The SMILES string of the molecule is C1=CC2C(CCC3CCCN32)O1. The van der Waals surface area contributed by atoms with Crippen LogP contribution in [-0.2, 0) is 4.74 Å². The highest BCUT2D eigenvalue weighted by atomic mass is 16.5. The molecule has 3 heterocycles. The summed E-state index contributed by atoms with van der Waals surface area (Å²) in [7, 11) is 0. The van der Waals surface area contributed by atoms with Gasteiger partial charge in [-0.3, -0.25) is 4.90 Å². The lowest BCUT2D eigenvalue weighted by Crippen LogP contribution is -2.48. The van der Waals surface area contributed by atoms with Crippen LogP contribution in [0.15, 0.2) is 12.3 Å². The van der Waals surface area contributed by atoms with Crippen LogP contribution < -0.4 is 0 Å². The zero-order chi connectivity index (χ0) is 7.97. The summed E-state index contributed by atoms with van der Waals surface area (Å²) in [5.41, 5.74) is 0. The van der Waals surface area contributed by atoms with Crippen LogP contribution in [0.3, 0.4) is 0 Å². The van der Waals surface area contributed by atoms with Crippen LogP contribution in [0.25, 0.3) is 0 Å². The molecule has 0 bridgehead atoms. The monoisotopic (exact) mass is 165 g/mol. The maximum Gasteiger partial charge on any atom is 0.117 e. The van der Waals surface area contributed by atoms with E-state index in [0.29, 0.717) is 12.1 Å². The number of nitrogens with zero attached hydrogens (tertiary/aromatic N) is 1. The highest BCUT2D eigenvalue weighted by Gasteiger charge is 2.40. The van der Waals surface area contributed by atoms with Crippen LogP contribution in [0, 0.1) is 0 Å². The van der Waals surface area contributed by atoms with E-state index in [2.05, 4.69) is 11.0 Å². The Labute approximate surface area is 73.2 Å². The van der Waals surface area contributed by atoms with Crippen LogP contribution in [0.5, 0.6) is 0 Å². The van der Waals surface area contributed by atoms with Gasteiger partial charge in [0.2, 0.25) is 0 Å². The molecule has 0 aromatic rings. The molecule has 2 saturated heterocycles. The summed E-state index contributed by atoms with van der Waals surface area (Å²) < 4.78 is 5.54. The Kier molecular flexibility index (Phi) is 1.44. The van der Waals surface area contributed by atoms with Crippen molar-refractivity contribution in [3.05, 3.63) is 12.3 Å². The van der Waals surface area contributed by atoms with Crippen LogP contribution in [0.4, 0.5) is 0 Å². The van der Waals surface area contributed by atoms with Crippen molar-refractivity contribution in [1.29, 1.82) is 0 Å². The Hall–Kier alpha value is -0.500. The van der Waals surface area contributed by atoms with Gasteiger partial charge in [0.1, 0.15) is 6.10 Å². The third-order valence-corrected chi connectivity index (χ3v) is 3.50. The van der Waals surface area contributed by atoms with E-state index in [1.807, 2.05) is 6.26 Å². The first-order chi connectivity index (χ1) is 5.95. The summed E-state index contributed by atoms with van der Waals surface area (Å²) in [4.78, 5) is 2.64. The van der Waals surface area contributed by atoms with Crippen molar-refractivity contribution in [1.82, 2.24) is 4.90 Å². The largest absolute Gasteiger partial charge is 0.496 e. The van der Waals surface area contributed by atoms with Gasteiger partial charge in [0.25, 0.3) is 0 Å². The lowest BCUT2D eigenvalue weighted by atomic mass is 9.95. The summed E-state index contributed by atoms with van der Waals surface area (Å²) in [6.45, 7) is 1.29. The van der Waals surface area contributed by atoms with Gasteiger partial charge in [0.15, 0.2) is 0 Å². The third-order valence-electron chi connectivity index (χ3n) is 3.50. The number of piperidine rings is 1. The van der Waals surface area contributed by atoms with Gasteiger partial charge in [-0.25, -0.2) is 0 Å². The van der Waals surface area contributed by atoms with Crippen molar-refractivity contribution in [3.8, 4) is 0 Å². The Morgan fingerprint density at radius 2 is 2.25 bits per heavy atom. The second kappa shape index (κ2) is 2.49. The predicted molar refractivity (Wildman–Crippen MR) is 46.8 cm³/mol. The predicted octanol–water partition coefficient (Wildman–Crippen LogP) is 1.53. The quantitative estimate of drug-likeness (QED) is 0.539. The van der Waals surface area contributed by atoms with Crippen molar-refractivity contribution in [2.24, 2.45) is 0 Å². The molecule has 0 N–H and O–H groups in total. The number of rotatable bonds is 0. The van der Waals surface area contributed by atoms with Crippen molar-refractivity contribution < 1.29 is 4.74 Å². The van der Waals surface area contributed by atoms with Gasteiger partial charge in [-0.15, -0.1) is 0 Å². The van der Waals surface area contributed by atoms with Crippen molar-refractivity contribution in [2.45, 2.75) is 43.9 Å². The molecule has 0 amide bonds. The first-order valence-corrected chi connectivity index (χ1v) is 5.03. The van der Waals surface area contributed by atoms with E-state index in [9.17, 15) is 0 Å². The van der Waals surface area contributed by atoms with Gasteiger partial charge in [-0.05, 0) is 38.3 Å². The highest BCUT2D eigenvalue weighted by molar-refractivity contribution is 5.07. The Morgan fingerprint density at radius 1 is 1.25 bits per heavy atom. The van der Waals surface area contributed by atoms with E-state index in [1.165, 1.54) is 32.2 Å². The smallest absolute Gasteiger partial charge is 0.117 e. The molecule has 2 nitrogen and oxygen atoms in total. The van der Waals surface area contributed by atoms with Crippen molar-refractivity contribution >= 4 is 0 Å². The molecule has 0 radical (unpaired) electrons. The molecule has 3 aliphatic rings. The molecule has 3 unspecified atom stereocenters. The second-order valence-electron chi connectivity index (χ2n) is 4.10. The summed E-state index contributed by atoms with van der Waals surface area (Å²) in [5, 5.41) is 0. The number of hydrogen-bond acceptors (Lipinski definition) is 2. The molecule has 66 valence electrons. The van der Waals surface area contributed by atoms with Crippen LogP contribution in [0.1, 0.15) is 25.7 Å². The van der Waals surface area contributed by atoms with Gasteiger partial charge in [0, 0.05) is 6.04 Å². The minimum Gasteiger partial charge on any atom is -0.496 e. The molecule has 0 aromatic heterocycles. The first kappa shape index (κ1) is 6.96. The van der Waals surface area contributed by atoms with Crippen LogP contribution in [-0.4, -0.2) is 29.6 Å². The first-order valence-electron chi connectivity index (χ1n) is 5.03. The Bertz CT molecular complexity index is 214. The fourth-order valence-electron chi connectivity index (χ4n) is 2.91. The second-order valence-corrected chi connectivity index (χ2v) is 4.10. The van der Waals surface area contributed by atoms with Crippen LogP contribution in [0.2, 0.25) is 0 Å². The molecule has 0 aliphatic carbocycles. The summed E-state index contributed by atoms with van der Waals surface area (Å²) in [6, 6.07) is 1.49.